The lowest BCUT2D eigenvalue weighted by atomic mass is 9.87. The van der Waals surface area contributed by atoms with E-state index >= 15 is 0 Å². The number of nitrogens with zero attached hydrogens (tertiary/aromatic N) is 2. The van der Waals surface area contributed by atoms with Gasteiger partial charge in [0.15, 0.2) is 5.58 Å². The van der Waals surface area contributed by atoms with Gasteiger partial charge >= 0.3 is 0 Å². The summed E-state index contributed by atoms with van der Waals surface area (Å²) in [6.07, 6.45) is 7.31. The zero-order chi connectivity index (χ0) is 36.6. The predicted octanol–water partition coefficient (Wildman–Crippen LogP) is 14.4. The Morgan fingerprint density at radius 2 is 1.07 bits per heavy atom. The standard InChI is InChI=1S/C53H34N2O/c1-31-26-27-32(34-28-29-39-36-17-6-5-16-35(36)38-22-13-21-37(34)47(38)39)30-45(31)55-44-24-11-8-19-41(44)48-49-40-18-7-10-23-43(40)54(33-14-3-2-4-15-33)52(49)53-50(51(48)55)42-20-9-12-25-46(42)56-53/h2-31,45H,1H3. The zero-order valence-electron chi connectivity index (χ0n) is 30.7. The molecule has 13 rings (SSSR count). The molecule has 2 aliphatic rings. The van der Waals surface area contributed by atoms with Crippen molar-refractivity contribution in [3.05, 3.63) is 182 Å². The van der Waals surface area contributed by atoms with Gasteiger partial charge in [-0.05, 0) is 80.4 Å². The molecule has 0 N–H and O–H groups in total. The third-order valence-corrected chi connectivity index (χ3v) is 12.7. The molecule has 2 aliphatic carbocycles. The van der Waals surface area contributed by atoms with Crippen LogP contribution in [-0.2, 0) is 0 Å². The smallest absolute Gasteiger partial charge is 0.162 e. The molecular weight excluding hydrogens is 681 g/mol. The van der Waals surface area contributed by atoms with E-state index in [1.807, 2.05) is 0 Å². The van der Waals surface area contributed by atoms with Crippen LogP contribution in [0.5, 0.6) is 0 Å². The van der Waals surface area contributed by atoms with Gasteiger partial charge in [0.25, 0.3) is 0 Å². The Morgan fingerprint density at radius 1 is 0.464 bits per heavy atom. The Hall–Kier alpha value is -7.10. The zero-order valence-corrected chi connectivity index (χ0v) is 30.7. The number of aromatic nitrogens is 2. The number of fused-ring (bicyclic) bond motifs is 15. The van der Waals surface area contributed by atoms with Gasteiger partial charge in [0, 0.05) is 38.1 Å². The molecule has 3 nitrogen and oxygen atoms in total. The van der Waals surface area contributed by atoms with E-state index in [4.69, 9.17) is 4.42 Å². The molecule has 0 amide bonds. The third-order valence-electron chi connectivity index (χ3n) is 12.7. The molecule has 262 valence electrons. The normalized spacial score (nSPS) is 16.3. The van der Waals surface area contributed by atoms with E-state index in [0.29, 0.717) is 0 Å². The molecular formula is C53H34N2O. The highest BCUT2D eigenvalue weighted by Gasteiger charge is 2.31. The molecule has 11 aromatic rings. The Labute approximate surface area is 322 Å². The van der Waals surface area contributed by atoms with E-state index in [2.05, 4.69) is 192 Å². The maximum Gasteiger partial charge on any atom is 0.162 e. The van der Waals surface area contributed by atoms with E-state index in [-0.39, 0.29) is 12.0 Å². The number of allylic oxidation sites excluding steroid dienone is 4. The molecule has 56 heavy (non-hydrogen) atoms. The van der Waals surface area contributed by atoms with Crippen molar-refractivity contribution < 1.29 is 4.42 Å². The van der Waals surface area contributed by atoms with Gasteiger partial charge in [0.05, 0.1) is 28.0 Å². The number of para-hydroxylation sites is 4. The molecule has 2 atom stereocenters. The first-order valence-electron chi connectivity index (χ1n) is 19.6. The van der Waals surface area contributed by atoms with Crippen LogP contribution in [0.15, 0.2) is 180 Å². The van der Waals surface area contributed by atoms with Crippen LogP contribution in [-0.4, -0.2) is 9.13 Å². The lowest BCUT2D eigenvalue weighted by Crippen LogP contribution is -2.16. The van der Waals surface area contributed by atoms with E-state index < -0.39 is 0 Å². The summed E-state index contributed by atoms with van der Waals surface area (Å²) < 4.78 is 12.1. The molecule has 0 saturated heterocycles. The summed E-state index contributed by atoms with van der Waals surface area (Å²) in [5, 5.41) is 9.96. The molecule has 2 unspecified atom stereocenters. The fraction of sp³-hybridized carbons (Fsp3) is 0.0566. The molecule has 0 saturated carbocycles. The Morgan fingerprint density at radius 3 is 1.89 bits per heavy atom. The largest absolute Gasteiger partial charge is 0.454 e. The summed E-state index contributed by atoms with van der Waals surface area (Å²) in [5.74, 6) is 0.244. The van der Waals surface area contributed by atoms with Crippen molar-refractivity contribution in [3.63, 3.8) is 0 Å². The van der Waals surface area contributed by atoms with E-state index in [1.165, 1.54) is 87.6 Å². The van der Waals surface area contributed by atoms with Crippen molar-refractivity contribution >= 4 is 81.9 Å². The Kier molecular flexibility index (Phi) is 5.94. The first-order chi connectivity index (χ1) is 27.7. The SMILES string of the molecule is CC1C=CC(c2ccc3c4c(cccc24)-c2ccccc2-3)=CC1n1c2ccccc2c2c3c4ccccc4n(-c4ccccc4)c3c3oc4ccccc4c3c21. The van der Waals surface area contributed by atoms with Crippen molar-refractivity contribution in [2.24, 2.45) is 5.92 Å². The van der Waals surface area contributed by atoms with Crippen molar-refractivity contribution in [1.29, 1.82) is 0 Å². The van der Waals surface area contributed by atoms with E-state index in [0.717, 1.165) is 27.8 Å². The highest BCUT2D eigenvalue weighted by Crippen LogP contribution is 2.52. The van der Waals surface area contributed by atoms with Crippen molar-refractivity contribution in [1.82, 2.24) is 9.13 Å². The molecule has 8 aromatic carbocycles. The first-order valence-corrected chi connectivity index (χ1v) is 19.6. The minimum atomic E-state index is 0.0504. The minimum absolute atomic E-state index is 0.0504. The monoisotopic (exact) mass is 714 g/mol. The fourth-order valence-corrected chi connectivity index (χ4v) is 10.4. The average molecular weight is 715 g/mol. The summed E-state index contributed by atoms with van der Waals surface area (Å²) in [7, 11) is 0. The van der Waals surface area contributed by atoms with Gasteiger partial charge in [0.1, 0.15) is 5.58 Å². The maximum absolute atomic E-state index is 7.06. The molecule has 0 aliphatic heterocycles. The quantitative estimate of drug-likeness (QED) is 0.179. The number of furan rings is 1. The molecule has 0 bridgehead atoms. The van der Waals surface area contributed by atoms with Crippen LogP contribution in [0.4, 0.5) is 0 Å². The van der Waals surface area contributed by atoms with Crippen molar-refractivity contribution in [3.8, 4) is 27.9 Å². The lowest BCUT2D eigenvalue weighted by molar-refractivity contribution is 0.512. The summed E-state index contributed by atoms with van der Waals surface area (Å²) in [6, 6.07) is 57.6. The van der Waals surface area contributed by atoms with Crippen LogP contribution in [0.1, 0.15) is 18.5 Å². The average Bonchev–Trinajstić information content (AvgIpc) is 3.99. The molecule has 0 fully saturated rings. The van der Waals surface area contributed by atoms with Gasteiger partial charge in [-0.15, -0.1) is 0 Å². The van der Waals surface area contributed by atoms with Gasteiger partial charge in [-0.1, -0.05) is 153 Å². The first kappa shape index (κ1) is 30.3. The second kappa shape index (κ2) is 11.0. The summed E-state index contributed by atoms with van der Waals surface area (Å²) in [5.41, 5.74) is 15.5. The van der Waals surface area contributed by atoms with Crippen LogP contribution in [0.2, 0.25) is 0 Å². The molecule has 0 spiro atoms. The van der Waals surface area contributed by atoms with Crippen LogP contribution in [0.3, 0.4) is 0 Å². The lowest BCUT2D eigenvalue weighted by Gasteiger charge is -2.27. The third kappa shape index (κ3) is 3.82. The topological polar surface area (TPSA) is 23.0 Å². The summed E-state index contributed by atoms with van der Waals surface area (Å²) in [4.78, 5) is 0. The number of rotatable bonds is 3. The second-order valence-electron chi connectivity index (χ2n) is 15.6. The van der Waals surface area contributed by atoms with Gasteiger partial charge in [-0.25, -0.2) is 0 Å². The van der Waals surface area contributed by atoms with Crippen molar-refractivity contribution in [2.45, 2.75) is 13.0 Å². The Balaban J connectivity index is 1.17. The molecule has 3 aromatic heterocycles. The number of benzene rings is 8. The second-order valence-corrected chi connectivity index (χ2v) is 15.6. The van der Waals surface area contributed by atoms with E-state index in [1.54, 1.807) is 0 Å². The molecule has 0 radical (unpaired) electrons. The van der Waals surface area contributed by atoms with Gasteiger partial charge in [-0.3, -0.25) is 0 Å². The van der Waals surface area contributed by atoms with Crippen molar-refractivity contribution in [2.75, 3.05) is 0 Å². The van der Waals surface area contributed by atoms with Crippen LogP contribution in [0, 0.1) is 5.92 Å². The predicted molar refractivity (Wildman–Crippen MR) is 235 cm³/mol. The minimum Gasteiger partial charge on any atom is -0.454 e. The van der Waals surface area contributed by atoms with E-state index in [9.17, 15) is 0 Å². The van der Waals surface area contributed by atoms with Gasteiger partial charge < -0.3 is 13.6 Å². The Bertz CT molecular complexity index is 3520. The van der Waals surface area contributed by atoms with Gasteiger partial charge in [0.2, 0.25) is 0 Å². The maximum atomic E-state index is 7.06. The van der Waals surface area contributed by atoms with Crippen LogP contribution in [0.25, 0.3) is 110 Å². The fourth-order valence-electron chi connectivity index (χ4n) is 10.4. The summed E-state index contributed by atoms with van der Waals surface area (Å²) >= 11 is 0. The molecule has 3 heteroatoms. The van der Waals surface area contributed by atoms with Gasteiger partial charge in [-0.2, -0.15) is 0 Å². The molecule has 3 heterocycles. The van der Waals surface area contributed by atoms with Crippen LogP contribution < -0.4 is 0 Å². The number of hydrogen-bond acceptors (Lipinski definition) is 1. The number of hydrogen-bond donors (Lipinski definition) is 0. The summed E-state index contributed by atoms with van der Waals surface area (Å²) in [6.45, 7) is 2.36. The highest BCUT2D eigenvalue weighted by molar-refractivity contribution is 6.39. The highest BCUT2D eigenvalue weighted by atomic mass is 16.3. The van der Waals surface area contributed by atoms with Crippen LogP contribution >= 0.6 is 0 Å².